The van der Waals surface area contributed by atoms with Crippen molar-refractivity contribution in [2.24, 2.45) is 23.7 Å². The van der Waals surface area contributed by atoms with E-state index in [2.05, 4.69) is 26.0 Å². The van der Waals surface area contributed by atoms with E-state index in [9.17, 15) is 8.78 Å². The summed E-state index contributed by atoms with van der Waals surface area (Å²) >= 11 is 0. The van der Waals surface area contributed by atoms with E-state index in [-0.39, 0.29) is 24.7 Å². The van der Waals surface area contributed by atoms with Gasteiger partial charge in [-0.15, -0.1) is 0 Å². The van der Waals surface area contributed by atoms with Crippen molar-refractivity contribution < 1.29 is 14.3 Å². The molecule has 3 rings (SSSR count). The lowest BCUT2D eigenvalue weighted by atomic mass is 9.69. The highest BCUT2D eigenvalue weighted by molar-refractivity contribution is 5.19. The lowest BCUT2D eigenvalue weighted by Gasteiger charge is -2.39. The van der Waals surface area contributed by atoms with Gasteiger partial charge in [0.05, 0.1) is 0 Å². The molecule has 0 radical (unpaired) electrons. The van der Waals surface area contributed by atoms with E-state index in [0.29, 0.717) is 11.8 Å². The predicted molar refractivity (Wildman–Crippen MR) is 98.5 cm³/mol. The van der Waals surface area contributed by atoms with Crippen LogP contribution in [0.1, 0.15) is 72.6 Å². The number of halogens is 2. The van der Waals surface area contributed by atoms with Crippen LogP contribution in [0.2, 0.25) is 0 Å². The number of rotatable bonds is 2. The van der Waals surface area contributed by atoms with Gasteiger partial charge in [0.2, 0.25) is 0 Å². The minimum atomic E-state index is -1.29. The van der Waals surface area contributed by atoms with Gasteiger partial charge in [0, 0.05) is 11.8 Å². The highest BCUT2D eigenvalue weighted by atomic mass is 19.2. The molecule has 6 atom stereocenters. The van der Waals surface area contributed by atoms with Crippen LogP contribution < -0.4 is 0 Å². The molecule has 3 aliphatic rings. The molecular weight excluding hydrogens is 306 g/mol. The number of allylic oxidation sites excluding steroid dienone is 4. The summed E-state index contributed by atoms with van der Waals surface area (Å²) in [5, 5.41) is 0. The van der Waals surface area contributed by atoms with Crippen LogP contribution in [0.15, 0.2) is 23.3 Å². The van der Waals surface area contributed by atoms with E-state index in [1.54, 1.807) is 0 Å². The maximum absolute atomic E-state index is 14.8. The third-order valence-corrected chi connectivity index (χ3v) is 6.23. The monoisotopic (exact) mass is 342 g/mol. The van der Waals surface area contributed by atoms with Gasteiger partial charge in [-0.25, -0.2) is 8.78 Å². The standard InChI is InChI=1S/C20H30F2.CH4.H2O/c1-13-3-7-15(8-4-13)17-11-12-18(20(22)19(17)21)16-9-5-14(2)6-10-16;;/h7,9,13-14,17-20H,3-6,8,10-12H2,1-2H3;1H4;1H2. The molecule has 0 amide bonds. The molecule has 3 aliphatic carbocycles. The second-order valence-electron chi connectivity index (χ2n) is 8.00. The molecule has 140 valence electrons. The van der Waals surface area contributed by atoms with Crippen LogP contribution in [-0.2, 0) is 0 Å². The van der Waals surface area contributed by atoms with Crippen LogP contribution in [0.4, 0.5) is 8.78 Å². The normalized spacial score (nSPS) is 39.8. The third-order valence-electron chi connectivity index (χ3n) is 6.23. The van der Waals surface area contributed by atoms with E-state index in [4.69, 9.17) is 0 Å². The fourth-order valence-electron chi connectivity index (χ4n) is 4.55. The summed E-state index contributed by atoms with van der Waals surface area (Å²) in [5.41, 5.74) is 2.41. The smallest absolute Gasteiger partial charge is 0.138 e. The van der Waals surface area contributed by atoms with E-state index in [1.165, 1.54) is 11.1 Å². The van der Waals surface area contributed by atoms with E-state index < -0.39 is 12.3 Å². The average Bonchev–Trinajstić information content (AvgIpc) is 2.52. The van der Waals surface area contributed by atoms with Crippen LogP contribution in [0.5, 0.6) is 0 Å². The Morgan fingerprint density at radius 2 is 1.12 bits per heavy atom. The Kier molecular flexibility index (Phi) is 8.11. The van der Waals surface area contributed by atoms with Crippen LogP contribution in [0, 0.1) is 23.7 Å². The largest absolute Gasteiger partial charge is 0.412 e. The molecular formula is C21H36F2O. The fraction of sp³-hybridized carbons (Fsp3) is 0.810. The molecule has 0 aromatic heterocycles. The molecule has 24 heavy (non-hydrogen) atoms. The van der Waals surface area contributed by atoms with Gasteiger partial charge in [-0.2, -0.15) is 0 Å². The maximum atomic E-state index is 14.8. The maximum Gasteiger partial charge on any atom is 0.138 e. The lowest BCUT2D eigenvalue weighted by Crippen LogP contribution is -2.40. The van der Waals surface area contributed by atoms with Gasteiger partial charge in [0.25, 0.3) is 0 Å². The first-order chi connectivity index (χ1) is 10.6. The zero-order valence-electron chi connectivity index (χ0n) is 14.5. The minimum absolute atomic E-state index is 0. The van der Waals surface area contributed by atoms with E-state index >= 15 is 0 Å². The van der Waals surface area contributed by atoms with Gasteiger partial charge in [0.1, 0.15) is 12.3 Å². The van der Waals surface area contributed by atoms with E-state index in [0.717, 1.165) is 51.4 Å². The fourth-order valence-corrected chi connectivity index (χ4v) is 4.55. The van der Waals surface area contributed by atoms with Gasteiger partial charge in [-0.05, 0) is 63.2 Å². The highest BCUT2D eigenvalue weighted by Crippen LogP contribution is 2.45. The highest BCUT2D eigenvalue weighted by Gasteiger charge is 2.43. The summed E-state index contributed by atoms with van der Waals surface area (Å²) in [5.74, 6) is 1.10. The summed E-state index contributed by atoms with van der Waals surface area (Å²) in [6.07, 6.45) is 9.81. The Balaban J connectivity index is 0.00000144. The van der Waals surface area contributed by atoms with Gasteiger partial charge in [-0.1, -0.05) is 44.6 Å². The Labute approximate surface area is 146 Å². The first-order valence-corrected chi connectivity index (χ1v) is 9.22. The van der Waals surface area contributed by atoms with Crippen molar-refractivity contribution in [3.63, 3.8) is 0 Å². The molecule has 1 fully saturated rings. The van der Waals surface area contributed by atoms with Crippen LogP contribution in [-0.4, -0.2) is 17.8 Å². The molecule has 0 aromatic rings. The minimum Gasteiger partial charge on any atom is -0.412 e. The molecule has 3 heteroatoms. The second kappa shape index (κ2) is 9.12. The topological polar surface area (TPSA) is 31.5 Å². The van der Waals surface area contributed by atoms with Crippen molar-refractivity contribution in [1.82, 2.24) is 0 Å². The predicted octanol–water partition coefficient (Wildman–Crippen LogP) is 5.99. The van der Waals surface area contributed by atoms with Gasteiger partial charge in [-0.3, -0.25) is 0 Å². The van der Waals surface area contributed by atoms with Crippen molar-refractivity contribution in [3.8, 4) is 0 Å². The molecule has 0 bridgehead atoms. The second-order valence-corrected chi connectivity index (χ2v) is 8.00. The molecule has 0 spiro atoms. The summed E-state index contributed by atoms with van der Waals surface area (Å²) in [6.45, 7) is 4.48. The molecule has 0 aliphatic heterocycles. The summed E-state index contributed by atoms with van der Waals surface area (Å²) in [7, 11) is 0. The Hall–Kier alpha value is -0.700. The van der Waals surface area contributed by atoms with Crippen molar-refractivity contribution in [3.05, 3.63) is 23.3 Å². The van der Waals surface area contributed by atoms with Crippen molar-refractivity contribution in [1.29, 1.82) is 0 Å². The lowest BCUT2D eigenvalue weighted by molar-refractivity contribution is 0.0451. The Bertz CT molecular complexity index is 415. The molecule has 0 saturated heterocycles. The molecule has 1 nitrogen and oxygen atoms in total. The van der Waals surface area contributed by atoms with Crippen molar-refractivity contribution in [2.75, 3.05) is 0 Å². The third kappa shape index (κ3) is 4.47. The Morgan fingerprint density at radius 3 is 1.42 bits per heavy atom. The SMILES string of the molecule is C.CC1CC=C(C2CCC(C3=CCC(C)CC3)C(F)C2F)CC1.O. The quantitative estimate of drug-likeness (QED) is 0.552. The first-order valence-electron chi connectivity index (χ1n) is 9.22. The van der Waals surface area contributed by atoms with Crippen LogP contribution >= 0.6 is 0 Å². The summed E-state index contributed by atoms with van der Waals surface area (Å²) in [4.78, 5) is 0. The molecule has 0 heterocycles. The molecule has 6 unspecified atom stereocenters. The van der Waals surface area contributed by atoms with Gasteiger partial charge in [0.15, 0.2) is 0 Å². The van der Waals surface area contributed by atoms with Gasteiger partial charge >= 0.3 is 0 Å². The summed E-state index contributed by atoms with van der Waals surface area (Å²) < 4.78 is 29.5. The zero-order chi connectivity index (χ0) is 15.7. The number of alkyl halides is 2. The molecule has 2 N–H and O–H groups in total. The van der Waals surface area contributed by atoms with Crippen LogP contribution in [0.3, 0.4) is 0 Å². The molecule has 0 aromatic carbocycles. The van der Waals surface area contributed by atoms with Crippen LogP contribution in [0.25, 0.3) is 0 Å². The number of hydrogen-bond donors (Lipinski definition) is 0. The van der Waals surface area contributed by atoms with E-state index in [1.807, 2.05) is 0 Å². The average molecular weight is 343 g/mol. The Morgan fingerprint density at radius 1 is 0.750 bits per heavy atom. The zero-order valence-corrected chi connectivity index (χ0v) is 14.5. The molecule has 1 saturated carbocycles. The first kappa shape index (κ1) is 21.3. The number of hydrogen-bond acceptors (Lipinski definition) is 0. The summed E-state index contributed by atoms with van der Waals surface area (Å²) in [6, 6.07) is 0. The van der Waals surface area contributed by atoms with Crippen molar-refractivity contribution in [2.45, 2.75) is 85.0 Å². The van der Waals surface area contributed by atoms with Crippen molar-refractivity contribution >= 4 is 0 Å². The van der Waals surface area contributed by atoms with Gasteiger partial charge < -0.3 is 5.48 Å².